The second-order valence-electron chi connectivity index (χ2n) is 8.89. The number of aromatic carboxylic acids is 1. The Labute approximate surface area is 171 Å². The SMILES string of the molecule is CC[C@@]1(O)CC[C@@]2(Cc3ccccc3)c3ccc(C(=O)O)cc3CC(=O)C[C@H]2C1. The number of ketones is 1. The van der Waals surface area contributed by atoms with Gasteiger partial charge >= 0.3 is 5.97 Å². The number of hydrogen-bond donors (Lipinski definition) is 2. The summed E-state index contributed by atoms with van der Waals surface area (Å²) >= 11 is 0. The quantitative estimate of drug-likeness (QED) is 0.813. The fourth-order valence-corrected chi connectivity index (χ4v) is 5.57. The topological polar surface area (TPSA) is 74.6 Å². The minimum Gasteiger partial charge on any atom is -0.478 e. The number of carboxylic acids is 1. The summed E-state index contributed by atoms with van der Waals surface area (Å²) in [6, 6.07) is 15.6. The van der Waals surface area contributed by atoms with Crippen molar-refractivity contribution in [1.82, 2.24) is 0 Å². The number of aliphatic hydroxyl groups is 1. The summed E-state index contributed by atoms with van der Waals surface area (Å²) in [4.78, 5) is 24.4. The molecule has 4 rings (SSSR count). The zero-order chi connectivity index (χ0) is 20.6. The maximum absolute atomic E-state index is 12.8. The molecule has 0 saturated heterocycles. The number of Topliss-reactive ketones (excluding diaryl/α,β-unsaturated/α-hetero) is 1. The van der Waals surface area contributed by atoms with E-state index >= 15 is 0 Å². The lowest BCUT2D eigenvalue weighted by molar-refractivity contribution is -0.121. The van der Waals surface area contributed by atoms with Crippen LogP contribution in [0.1, 0.15) is 66.1 Å². The van der Waals surface area contributed by atoms with E-state index in [0.29, 0.717) is 25.7 Å². The largest absolute Gasteiger partial charge is 0.478 e. The second kappa shape index (κ2) is 7.42. The van der Waals surface area contributed by atoms with Crippen molar-refractivity contribution in [2.24, 2.45) is 5.92 Å². The van der Waals surface area contributed by atoms with Gasteiger partial charge in [0.1, 0.15) is 5.78 Å². The van der Waals surface area contributed by atoms with Gasteiger partial charge in [0.15, 0.2) is 0 Å². The van der Waals surface area contributed by atoms with E-state index in [1.807, 2.05) is 31.2 Å². The molecule has 0 amide bonds. The van der Waals surface area contributed by atoms with Crippen LogP contribution in [0, 0.1) is 5.92 Å². The van der Waals surface area contributed by atoms with Crippen LogP contribution in [0.4, 0.5) is 0 Å². The molecule has 2 aliphatic rings. The third-order valence-electron chi connectivity index (χ3n) is 7.22. The number of rotatable bonds is 4. The van der Waals surface area contributed by atoms with Crippen LogP contribution in [-0.4, -0.2) is 27.6 Å². The lowest BCUT2D eigenvalue weighted by Crippen LogP contribution is -2.49. The van der Waals surface area contributed by atoms with Gasteiger partial charge in [-0.05, 0) is 66.8 Å². The van der Waals surface area contributed by atoms with E-state index in [1.54, 1.807) is 12.1 Å². The molecule has 152 valence electrons. The summed E-state index contributed by atoms with van der Waals surface area (Å²) in [6.07, 6.45) is 4.29. The number of carbonyl (C=O) groups excluding carboxylic acids is 1. The first-order valence-corrected chi connectivity index (χ1v) is 10.5. The summed E-state index contributed by atoms with van der Waals surface area (Å²) in [5.41, 5.74) is 2.39. The Balaban J connectivity index is 1.87. The Bertz CT molecular complexity index is 935. The van der Waals surface area contributed by atoms with Crippen molar-refractivity contribution in [3.8, 4) is 0 Å². The molecule has 0 unspecified atom stereocenters. The Morgan fingerprint density at radius 2 is 1.90 bits per heavy atom. The first-order chi connectivity index (χ1) is 13.8. The van der Waals surface area contributed by atoms with Crippen LogP contribution in [0.3, 0.4) is 0 Å². The van der Waals surface area contributed by atoms with E-state index < -0.39 is 11.6 Å². The van der Waals surface area contributed by atoms with Gasteiger partial charge in [0, 0.05) is 18.3 Å². The highest BCUT2D eigenvalue weighted by atomic mass is 16.4. The molecule has 4 nitrogen and oxygen atoms in total. The maximum atomic E-state index is 12.8. The molecule has 2 aromatic carbocycles. The highest BCUT2D eigenvalue weighted by molar-refractivity contribution is 5.89. The van der Waals surface area contributed by atoms with E-state index in [-0.39, 0.29) is 29.1 Å². The first kappa shape index (κ1) is 19.8. The molecule has 1 fully saturated rings. The molecule has 0 aliphatic heterocycles. The fraction of sp³-hybridized carbons (Fsp3) is 0.440. The van der Waals surface area contributed by atoms with E-state index in [9.17, 15) is 19.8 Å². The lowest BCUT2D eigenvalue weighted by atomic mass is 9.55. The highest BCUT2D eigenvalue weighted by Gasteiger charge is 2.51. The van der Waals surface area contributed by atoms with Gasteiger partial charge in [-0.3, -0.25) is 4.79 Å². The van der Waals surface area contributed by atoms with Crippen molar-refractivity contribution < 1.29 is 19.8 Å². The Hall–Kier alpha value is -2.46. The van der Waals surface area contributed by atoms with Gasteiger partial charge in [-0.1, -0.05) is 43.3 Å². The molecule has 0 aromatic heterocycles. The van der Waals surface area contributed by atoms with Crippen LogP contribution in [-0.2, 0) is 23.1 Å². The van der Waals surface area contributed by atoms with Gasteiger partial charge in [-0.15, -0.1) is 0 Å². The normalized spacial score (nSPS) is 28.9. The van der Waals surface area contributed by atoms with Gasteiger partial charge in [0.2, 0.25) is 0 Å². The molecule has 3 atom stereocenters. The van der Waals surface area contributed by atoms with Crippen LogP contribution in [0.2, 0.25) is 0 Å². The first-order valence-electron chi connectivity index (χ1n) is 10.5. The van der Waals surface area contributed by atoms with Crippen molar-refractivity contribution in [3.05, 3.63) is 70.8 Å². The van der Waals surface area contributed by atoms with Crippen molar-refractivity contribution >= 4 is 11.8 Å². The number of hydrogen-bond acceptors (Lipinski definition) is 3. The number of carbonyl (C=O) groups is 2. The van der Waals surface area contributed by atoms with Crippen LogP contribution in [0.5, 0.6) is 0 Å². The van der Waals surface area contributed by atoms with Gasteiger partial charge < -0.3 is 10.2 Å². The number of carboxylic acid groups (broad SMARTS) is 1. The molecule has 2 aromatic rings. The Morgan fingerprint density at radius 3 is 2.59 bits per heavy atom. The minimum atomic E-state index is -0.970. The molecular weight excluding hydrogens is 364 g/mol. The van der Waals surface area contributed by atoms with E-state index in [1.165, 1.54) is 5.56 Å². The van der Waals surface area contributed by atoms with E-state index in [4.69, 9.17) is 0 Å². The second-order valence-corrected chi connectivity index (χ2v) is 8.89. The lowest BCUT2D eigenvalue weighted by Gasteiger charge is -2.50. The zero-order valence-electron chi connectivity index (χ0n) is 16.9. The van der Waals surface area contributed by atoms with Crippen molar-refractivity contribution in [2.75, 3.05) is 0 Å². The molecule has 0 spiro atoms. The van der Waals surface area contributed by atoms with Gasteiger partial charge in [-0.2, -0.15) is 0 Å². The van der Waals surface area contributed by atoms with Crippen LogP contribution in [0.15, 0.2) is 48.5 Å². The predicted molar refractivity (Wildman–Crippen MR) is 111 cm³/mol. The van der Waals surface area contributed by atoms with Crippen LogP contribution >= 0.6 is 0 Å². The summed E-state index contributed by atoms with van der Waals surface area (Å²) in [7, 11) is 0. The maximum Gasteiger partial charge on any atom is 0.335 e. The number of fused-ring (bicyclic) bond motifs is 3. The van der Waals surface area contributed by atoms with Crippen molar-refractivity contribution in [2.45, 2.75) is 62.9 Å². The molecule has 0 heterocycles. The Morgan fingerprint density at radius 1 is 1.14 bits per heavy atom. The molecule has 0 bridgehead atoms. The summed E-state index contributed by atoms with van der Waals surface area (Å²) in [6.45, 7) is 2.01. The zero-order valence-corrected chi connectivity index (χ0v) is 16.9. The van der Waals surface area contributed by atoms with Crippen molar-refractivity contribution in [3.63, 3.8) is 0 Å². The molecule has 4 heteroatoms. The van der Waals surface area contributed by atoms with Gasteiger partial charge in [0.25, 0.3) is 0 Å². The van der Waals surface area contributed by atoms with Gasteiger partial charge in [0.05, 0.1) is 11.2 Å². The third-order valence-corrected chi connectivity index (χ3v) is 7.22. The Kier molecular flexibility index (Phi) is 5.07. The fourth-order valence-electron chi connectivity index (χ4n) is 5.57. The van der Waals surface area contributed by atoms with E-state index in [0.717, 1.165) is 24.0 Å². The molecule has 2 aliphatic carbocycles. The smallest absolute Gasteiger partial charge is 0.335 e. The average molecular weight is 392 g/mol. The third kappa shape index (κ3) is 3.62. The van der Waals surface area contributed by atoms with Gasteiger partial charge in [-0.25, -0.2) is 4.79 Å². The average Bonchev–Trinajstić information content (AvgIpc) is 2.82. The van der Waals surface area contributed by atoms with Crippen molar-refractivity contribution in [1.29, 1.82) is 0 Å². The molecule has 0 radical (unpaired) electrons. The standard InChI is InChI=1S/C25H28O4/c1-2-24(29)10-11-25(15-17-6-4-3-5-7-17)20(16-24)14-21(26)13-19-12-18(23(27)28)8-9-22(19)25/h3-9,12,20,29H,2,10-11,13-16H2,1H3,(H,27,28)/t20-,24+,25-/m0/s1. The summed E-state index contributed by atoms with van der Waals surface area (Å²) in [5, 5.41) is 20.5. The highest BCUT2D eigenvalue weighted by Crippen LogP contribution is 2.53. The molecule has 29 heavy (non-hydrogen) atoms. The molecule has 2 N–H and O–H groups in total. The summed E-state index contributed by atoms with van der Waals surface area (Å²) in [5.74, 6) is -0.790. The predicted octanol–water partition coefficient (Wildman–Crippen LogP) is 4.32. The summed E-state index contributed by atoms with van der Waals surface area (Å²) < 4.78 is 0. The minimum absolute atomic E-state index is 0.0471. The molecule has 1 saturated carbocycles. The van der Waals surface area contributed by atoms with E-state index in [2.05, 4.69) is 12.1 Å². The van der Waals surface area contributed by atoms with Crippen LogP contribution in [0.25, 0.3) is 0 Å². The number of benzene rings is 2. The monoisotopic (exact) mass is 392 g/mol. The molecular formula is C25H28O4. The van der Waals surface area contributed by atoms with Crippen LogP contribution < -0.4 is 0 Å².